The normalized spacial score (nSPS) is 15.0. The molecule has 7 heteroatoms. The van der Waals surface area contributed by atoms with Crippen molar-refractivity contribution in [2.75, 3.05) is 5.32 Å². The standard InChI is InChI=1S/C16H21N5O.ClH/c1-11(17)16(22)18-13-8-6-12(7-9-13)15-20-19-14-5-3-2-4-10-21(14)15;/h6-9,11H,2-5,10,17H2,1H3,(H,18,22);1H/t11-;/m0./s1. The predicted octanol–water partition coefficient (Wildman–Crippen LogP) is 2.38. The number of halogens is 1. The van der Waals surface area contributed by atoms with E-state index in [4.69, 9.17) is 5.73 Å². The summed E-state index contributed by atoms with van der Waals surface area (Å²) in [6, 6.07) is 7.13. The molecule has 0 bridgehead atoms. The fraction of sp³-hybridized carbons (Fsp3) is 0.438. The Morgan fingerprint density at radius 3 is 2.65 bits per heavy atom. The number of aromatic nitrogens is 3. The molecule has 1 amide bonds. The van der Waals surface area contributed by atoms with Crippen molar-refractivity contribution in [1.82, 2.24) is 14.8 Å². The highest BCUT2D eigenvalue weighted by Crippen LogP contribution is 2.23. The van der Waals surface area contributed by atoms with Crippen LogP contribution >= 0.6 is 12.4 Å². The highest BCUT2D eigenvalue weighted by Gasteiger charge is 2.16. The van der Waals surface area contributed by atoms with E-state index in [1.165, 1.54) is 19.3 Å². The van der Waals surface area contributed by atoms with Gasteiger partial charge in [-0.3, -0.25) is 4.79 Å². The van der Waals surface area contributed by atoms with E-state index >= 15 is 0 Å². The van der Waals surface area contributed by atoms with Gasteiger partial charge < -0.3 is 15.6 Å². The van der Waals surface area contributed by atoms with Crippen molar-refractivity contribution >= 4 is 24.0 Å². The largest absolute Gasteiger partial charge is 0.325 e. The van der Waals surface area contributed by atoms with E-state index in [1.54, 1.807) is 6.92 Å². The van der Waals surface area contributed by atoms with E-state index in [1.807, 2.05) is 24.3 Å². The summed E-state index contributed by atoms with van der Waals surface area (Å²) in [5.41, 5.74) is 7.30. The predicted molar refractivity (Wildman–Crippen MR) is 92.5 cm³/mol. The molecule has 3 N–H and O–H groups in total. The van der Waals surface area contributed by atoms with Gasteiger partial charge in [-0.05, 0) is 44.0 Å². The van der Waals surface area contributed by atoms with Crippen LogP contribution < -0.4 is 11.1 Å². The third kappa shape index (κ3) is 3.89. The molecule has 6 nitrogen and oxygen atoms in total. The van der Waals surface area contributed by atoms with Gasteiger partial charge in [0, 0.05) is 24.2 Å². The van der Waals surface area contributed by atoms with Crippen LogP contribution in [0.4, 0.5) is 5.69 Å². The highest BCUT2D eigenvalue weighted by molar-refractivity contribution is 5.94. The number of benzene rings is 1. The summed E-state index contributed by atoms with van der Waals surface area (Å²) in [5, 5.41) is 11.4. The minimum absolute atomic E-state index is 0. The van der Waals surface area contributed by atoms with Gasteiger partial charge in [-0.2, -0.15) is 0 Å². The van der Waals surface area contributed by atoms with Crippen LogP contribution in [0.2, 0.25) is 0 Å². The number of hydrogen-bond acceptors (Lipinski definition) is 4. The van der Waals surface area contributed by atoms with Gasteiger partial charge in [0.15, 0.2) is 5.82 Å². The molecule has 1 atom stereocenters. The van der Waals surface area contributed by atoms with Crippen LogP contribution in [-0.4, -0.2) is 26.7 Å². The quantitative estimate of drug-likeness (QED) is 0.901. The fourth-order valence-electron chi connectivity index (χ4n) is 2.66. The van der Waals surface area contributed by atoms with Gasteiger partial charge in [-0.1, -0.05) is 6.42 Å². The minimum atomic E-state index is -0.521. The minimum Gasteiger partial charge on any atom is -0.325 e. The lowest BCUT2D eigenvalue weighted by Crippen LogP contribution is -2.32. The third-order valence-electron chi connectivity index (χ3n) is 3.93. The molecule has 0 fully saturated rings. The van der Waals surface area contributed by atoms with Crippen molar-refractivity contribution in [3.05, 3.63) is 30.1 Å². The molecule has 1 aromatic heterocycles. The van der Waals surface area contributed by atoms with Crippen molar-refractivity contribution < 1.29 is 4.79 Å². The summed E-state index contributed by atoms with van der Waals surface area (Å²) in [6.07, 6.45) is 4.58. The second-order valence-electron chi connectivity index (χ2n) is 5.76. The van der Waals surface area contributed by atoms with Crippen molar-refractivity contribution in [2.45, 2.75) is 45.2 Å². The number of hydrogen-bond donors (Lipinski definition) is 2. The molecule has 0 radical (unpaired) electrons. The van der Waals surface area contributed by atoms with Gasteiger partial charge in [-0.15, -0.1) is 22.6 Å². The van der Waals surface area contributed by atoms with Crippen molar-refractivity contribution in [2.24, 2.45) is 5.73 Å². The third-order valence-corrected chi connectivity index (χ3v) is 3.93. The first-order valence-corrected chi connectivity index (χ1v) is 7.74. The number of nitrogens with two attached hydrogens (primary N) is 1. The Balaban J connectivity index is 0.00000192. The van der Waals surface area contributed by atoms with E-state index in [0.717, 1.165) is 35.9 Å². The summed E-state index contributed by atoms with van der Waals surface area (Å²) in [7, 11) is 0. The Morgan fingerprint density at radius 1 is 1.22 bits per heavy atom. The lowest BCUT2D eigenvalue weighted by molar-refractivity contribution is -0.117. The molecule has 0 unspecified atom stereocenters. The summed E-state index contributed by atoms with van der Waals surface area (Å²) >= 11 is 0. The number of carbonyl (C=O) groups excluding carboxylic acids is 1. The first-order chi connectivity index (χ1) is 10.6. The van der Waals surface area contributed by atoms with Gasteiger partial charge in [-0.25, -0.2) is 0 Å². The number of aryl methyl sites for hydroxylation is 1. The monoisotopic (exact) mass is 335 g/mol. The molecule has 1 aromatic carbocycles. The molecular weight excluding hydrogens is 314 g/mol. The second-order valence-corrected chi connectivity index (χ2v) is 5.76. The zero-order chi connectivity index (χ0) is 15.5. The van der Waals surface area contributed by atoms with E-state index in [9.17, 15) is 4.79 Å². The lowest BCUT2D eigenvalue weighted by atomic mass is 10.2. The van der Waals surface area contributed by atoms with Crippen molar-refractivity contribution in [3.8, 4) is 11.4 Å². The van der Waals surface area contributed by atoms with Crippen molar-refractivity contribution in [3.63, 3.8) is 0 Å². The topological polar surface area (TPSA) is 85.8 Å². The molecule has 0 spiro atoms. The molecule has 124 valence electrons. The fourth-order valence-corrected chi connectivity index (χ4v) is 2.66. The highest BCUT2D eigenvalue weighted by atomic mass is 35.5. The number of anilines is 1. The van der Waals surface area contributed by atoms with Crippen molar-refractivity contribution in [1.29, 1.82) is 0 Å². The maximum atomic E-state index is 11.6. The molecule has 0 saturated heterocycles. The summed E-state index contributed by atoms with van der Waals surface area (Å²) in [5.74, 6) is 1.79. The molecule has 1 aliphatic rings. The number of rotatable bonds is 3. The van der Waals surface area contributed by atoms with E-state index in [0.29, 0.717) is 0 Å². The van der Waals surface area contributed by atoms with Crippen LogP contribution in [0.5, 0.6) is 0 Å². The Morgan fingerprint density at radius 2 is 1.96 bits per heavy atom. The molecule has 0 saturated carbocycles. The first-order valence-electron chi connectivity index (χ1n) is 7.74. The SMILES string of the molecule is C[C@H](N)C(=O)Nc1ccc(-c2nnc3n2CCCCC3)cc1.Cl. The van der Waals surface area contributed by atoms with Gasteiger partial charge >= 0.3 is 0 Å². The van der Waals surface area contributed by atoms with Gasteiger partial charge in [0.1, 0.15) is 5.82 Å². The van der Waals surface area contributed by atoms with Crippen LogP contribution in [0.15, 0.2) is 24.3 Å². The number of amides is 1. The van der Waals surface area contributed by atoms with Crippen LogP contribution in [0.25, 0.3) is 11.4 Å². The maximum absolute atomic E-state index is 11.6. The zero-order valence-electron chi connectivity index (χ0n) is 13.2. The average molecular weight is 336 g/mol. The lowest BCUT2D eigenvalue weighted by Gasteiger charge is -2.09. The van der Waals surface area contributed by atoms with E-state index < -0.39 is 6.04 Å². The van der Waals surface area contributed by atoms with Crippen LogP contribution in [0.3, 0.4) is 0 Å². The summed E-state index contributed by atoms with van der Waals surface area (Å²) in [6.45, 7) is 2.63. The number of carbonyl (C=O) groups is 1. The number of fused-ring (bicyclic) bond motifs is 1. The molecule has 3 rings (SSSR count). The second kappa shape index (κ2) is 7.57. The first kappa shape index (κ1) is 17.4. The van der Waals surface area contributed by atoms with E-state index in [2.05, 4.69) is 20.1 Å². The van der Waals surface area contributed by atoms with Gasteiger partial charge in [0.2, 0.25) is 5.91 Å². The van der Waals surface area contributed by atoms with Crippen LogP contribution in [-0.2, 0) is 17.8 Å². The van der Waals surface area contributed by atoms with E-state index in [-0.39, 0.29) is 18.3 Å². The van der Waals surface area contributed by atoms with Crippen LogP contribution in [0, 0.1) is 0 Å². The Hall–Kier alpha value is -1.92. The molecule has 23 heavy (non-hydrogen) atoms. The molecule has 2 heterocycles. The smallest absolute Gasteiger partial charge is 0.240 e. The van der Waals surface area contributed by atoms with Gasteiger partial charge in [0.25, 0.3) is 0 Å². The molecule has 1 aliphatic heterocycles. The van der Waals surface area contributed by atoms with Crippen LogP contribution in [0.1, 0.15) is 32.0 Å². The summed E-state index contributed by atoms with van der Waals surface area (Å²) in [4.78, 5) is 11.6. The maximum Gasteiger partial charge on any atom is 0.240 e. The molecule has 2 aromatic rings. The Labute approximate surface area is 141 Å². The Kier molecular flexibility index (Phi) is 5.74. The molecule has 0 aliphatic carbocycles. The number of nitrogens with zero attached hydrogens (tertiary/aromatic N) is 3. The average Bonchev–Trinajstić information content (AvgIpc) is 2.76. The van der Waals surface area contributed by atoms with Gasteiger partial charge in [0.05, 0.1) is 6.04 Å². The zero-order valence-corrected chi connectivity index (χ0v) is 14.0. The molecular formula is C16H22ClN5O. The Bertz CT molecular complexity index is 666. The summed E-state index contributed by atoms with van der Waals surface area (Å²) < 4.78 is 2.21. The number of nitrogens with one attached hydrogen (secondary N) is 1.